The Hall–Kier alpha value is -0.570. The molecule has 0 N–H and O–H groups in total. The molecule has 2 rings (SSSR count). The minimum atomic E-state index is 0.927. The molecule has 1 unspecified atom stereocenters. The molecule has 1 aromatic rings. The van der Waals surface area contributed by atoms with Crippen LogP contribution in [0.4, 0.5) is 5.82 Å². The molecule has 1 aliphatic heterocycles. The highest BCUT2D eigenvalue weighted by molar-refractivity contribution is 9.10. The van der Waals surface area contributed by atoms with Crippen molar-refractivity contribution in [2.24, 2.45) is 5.92 Å². The number of aryl methyl sites for hydroxylation is 1. The summed E-state index contributed by atoms with van der Waals surface area (Å²) in [5, 5.41) is 0. The van der Waals surface area contributed by atoms with E-state index in [2.05, 4.69) is 45.7 Å². The molecule has 1 aliphatic rings. The molecule has 100 valence electrons. The van der Waals surface area contributed by atoms with Crippen molar-refractivity contribution in [3.63, 3.8) is 0 Å². The van der Waals surface area contributed by atoms with Gasteiger partial charge in [0.1, 0.15) is 5.82 Å². The zero-order valence-electron chi connectivity index (χ0n) is 11.5. The largest absolute Gasteiger partial charge is 0.356 e. The second-order valence-corrected chi connectivity index (χ2v) is 6.28. The van der Waals surface area contributed by atoms with Gasteiger partial charge in [0.05, 0.1) is 0 Å². The lowest BCUT2D eigenvalue weighted by Gasteiger charge is -2.23. The smallest absolute Gasteiger partial charge is 0.131 e. The van der Waals surface area contributed by atoms with Gasteiger partial charge >= 0.3 is 0 Å². The first kappa shape index (κ1) is 13.9. The maximum absolute atomic E-state index is 4.59. The highest BCUT2D eigenvalue weighted by Crippen LogP contribution is 2.27. The molecule has 0 radical (unpaired) electrons. The van der Waals surface area contributed by atoms with Crippen LogP contribution in [0.2, 0.25) is 0 Å². The molecule has 0 saturated carbocycles. The van der Waals surface area contributed by atoms with E-state index in [4.69, 9.17) is 0 Å². The summed E-state index contributed by atoms with van der Waals surface area (Å²) >= 11 is 3.48. The van der Waals surface area contributed by atoms with Gasteiger partial charge in [0, 0.05) is 23.8 Å². The van der Waals surface area contributed by atoms with Crippen LogP contribution in [0.3, 0.4) is 0 Å². The average Bonchev–Trinajstić information content (AvgIpc) is 2.55. The fourth-order valence-corrected chi connectivity index (χ4v) is 3.38. The number of hydrogen-bond donors (Lipinski definition) is 0. The third kappa shape index (κ3) is 3.47. The zero-order chi connectivity index (χ0) is 13.0. The Morgan fingerprint density at radius 2 is 2.22 bits per heavy atom. The Labute approximate surface area is 119 Å². The zero-order valence-corrected chi connectivity index (χ0v) is 13.0. The lowest BCUT2D eigenvalue weighted by Crippen LogP contribution is -2.26. The Morgan fingerprint density at radius 1 is 1.39 bits per heavy atom. The van der Waals surface area contributed by atoms with Gasteiger partial charge in [0.15, 0.2) is 0 Å². The molecule has 2 nitrogen and oxygen atoms in total. The average molecular weight is 311 g/mol. The number of nitrogens with zero attached hydrogens (tertiary/aromatic N) is 2. The summed E-state index contributed by atoms with van der Waals surface area (Å²) in [5.41, 5.74) is 1.28. The molecule has 1 atom stereocenters. The van der Waals surface area contributed by atoms with E-state index in [1.807, 2.05) is 6.20 Å². The second kappa shape index (κ2) is 6.55. The van der Waals surface area contributed by atoms with Crippen LogP contribution in [0.5, 0.6) is 0 Å². The summed E-state index contributed by atoms with van der Waals surface area (Å²) in [5.74, 6) is 2.10. The predicted octanol–water partition coefficient (Wildman–Crippen LogP) is 4.56. The van der Waals surface area contributed by atoms with Crippen molar-refractivity contribution >= 4 is 21.7 Å². The second-order valence-electron chi connectivity index (χ2n) is 5.37. The summed E-state index contributed by atoms with van der Waals surface area (Å²) in [4.78, 5) is 7.06. The number of rotatable bonds is 3. The van der Waals surface area contributed by atoms with Gasteiger partial charge < -0.3 is 4.90 Å². The number of hydrogen-bond acceptors (Lipinski definition) is 2. The van der Waals surface area contributed by atoms with Gasteiger partial charge in [-0.1, -0.05) is 19.8 Å². The van der Waals surface area contributed by atoms with Crippen LogP contribution in [0.1, 0.15) is 44.6 Å². The maximum Gasteiger partial charge on any atom is 0.131 e. The third-order valence-electron chi connectivity index (χ3n) is 3.86. The first-order chi connectivity index (χ1) is 8.70. The molecule has 1 fully saturated rings. The van der Waals surface area contributed by atoms with E-state index in [0.29, 0.717) is 0 Å². The predicted molar refractivity (Wildman–Crippen MR) is 81.1 cm³/mol. The van der Waals surface area contributed by atoms with Gasteiger partial charge in [-0.25, -0.2) is 4.98 Å². The van der Waals surface area contributed by atoms with E-state index >= 15 is 0 Å². The van der Waals surface area contributed by atoms with Crippen molar-refractivity contribution in [2.45, 2.75) is 46.0 Å². The molecule has 18 heavy (non-hydrogen) atoms. The van der Waals surface area contributed by atoms with Crippen molar-refractivity contribution in [1.82, 2.24) is 4.98 Å². The Kier molecular flexibility index (Phi) is 5.04. The molecule has 1 saturated heterocycles. The lowest BCUT2D eigenvalue weighted by atomic mass is 9.96. The van der Waals surface area contributed by atoms with E-state index in [0.717, 1.165) is 16.9 Å². The molecular weight excluding hydrogens is 288 g/mol. The van der Waals surface area contributed by atoms with E-state index in [9.17, 15) is 0 Å². The third-order valence-corrected chi connectivity index (χ3v) is 4.30. The summed E-state index contributed by atoms with van der Waals surface area (Å²) < 4.78 is 1.07. The maximum atomic E-state index is 4.59. The standard InChI is InChI=1S/C15H23BrN2/c1-3-5-13-6-4-8-18(9-7-13)15-12(2)10-14(16)11-17-15/h10-11,13H,3-9H2,1-2H3. The molecular formula is C15H23BrN2. The van der Waals surface area contributed by atoms with E-state index in [1.54, 1.807) is 0 Å². The Balaban J connectivity index is 2.05. The molecule has 0 bridgehead atoms. The number of aromatic nitrogens is 1. The molecule has 0 amide bonds. The summed E-state index contributed by atoms with van der Waals surface area (Å²) in [7, 11) is 0. The normalized spacial score (nSPS) is 20.8. The molecule has 1 aromatic heterocycles. The van der Waals surface area contributed by atoms with Crippen LogP contribution in [0.25, 0.3) is 0 Å². The quantitative estimate of drug-likeness (QED) is 0.813. The van der Waals surface area contributed by atoms with Crippen molar-refractivity contribution < 1.29 is 0 Å². The van der Waals surface area contributed by atoms with Gasteiger partial charge in [-0.15, -0.1) is 0 Å². The fraction of sp³-hybridized carbons (Fsp3) is 0.667. The summed E-state index contributed by atoms with van der Waals surface area (Å²) in [6, 6.07) is 2.16. The first-order valence-electron chi connectivity index (χ1n) is 7.07. The van der Waals surface area contributed by atoms with Crippen molar-refractivity contribution in [3.05, 3.63) is 22.3 Å². The van der Waals surface area contributed by atoms with Gasteiger partial charge in [-0.05, 0) is 59.7 Å². The van der Waals surface area contributed by atoms with Crippen LogP contribution in [0, 0.1) is 12.8 Å². The topological polar surface area (TPSA) is 16.1 Å². The number of anilines is 1. The SMILES string of the molecule is CCCC1CCCN(c2ncc(Br)cc2C)CC1. The van der Waals surface area contributed by atoms with Gasteiger partial charge in [-0.3, -0.25) is 0 Å². The lowest BCUT2D eigenvalue weighted by molar-refractivity contribution is 0.435. The molecule has 3 heteroatoms. The fourth-order valence-electron chi connectivity index (χ4n) is 2.94. The highest BCUT2D eigenvalue weighted by Gasteiger charge is 2.18. The highest BCUT2D eigenvalue weighted by atomic mass is 79.9. The van der Waals surface area contributed by atoms with Crippen LogP contribution in [-0.2, 0) is 0 Å². The van der Waals surface area contributed by atoms with E-state index in [-0.39, 0.29) is 0 Å². The monoisotopic (exact) mass is 310 g/mol. The summed E-state index contributed by atoms with van der Waals surface area (Å²) in [6.07, 6.45) is 8.64. The molecule has 0 spiro atoms. The van der Waals surface area contributed by atoms with Crippen LogP contribution >= 0.6 is 15.9 Å². The van der Waals surface area contributed by atoms with Crippen molar-refractivity contribution in [3.8, 4) is 0 Å². The minimum Gasteiger partial charge on any atom is -0.356 e. The Bertz CT molecular complexity index is 392. The molecule has 0 aromatic carbocycles. The van der Waals surface area contributed by atoms with Crippen LogP contribution in [0.15, 0.2) is 16.7 Å². The van der Waals surface area contributed by atoms with E-state index < -0.39 is 0 Å². The summed E-state index contributed by atoms with van der Waals surface area (Å²) in [6.45, 7) is 6.78. The molecule has 0 aliphatic carbocycles. The van der Waals surface area contributed by atoms with Crippen molar-refractivity contribution in [1.29, 1.82) is 0 Å². The van der Waals surface area contributed by atoms with Crippen LogP contribution < -0.4 is 4.90 Å². The van der Waals surface area contributed by atoms with Gasteiger partial charge in [0.25, 0.3) is 0 Å². The number of pyridine rings is 1. The first-order valence-corrected chi connectivity index (χ1v) is 7.87. The van der Waals surface area contributed by atoms with Gasteiger partial charge in [-0.2, -0.15) is 0 Å². The van der Waals surface area contributed by atoms with Crippen LogP contribution in [-0.4, -0.2) is 18.1 Å². The molecule has 2 heterocycles. The number of halogens is 1. The van der Waals surface area contributed by atoms with E-state index in [1.165, 1.54) is 50.0 Å². The van der Waals surface area contributed by atoms with Crippen molar-refractivity contribution in [2.75, 3.05) is 18.0 Å². The minimum absolute atomic E-state index is 0.927. The van der Waals surface area contributed by atoms with Gasteiger partial charge in [0.2, 0.25) is 0 Å². The Morgan fingerprint density at radius 3 is 2.94 bits per heavy atom.